The molecule has 332 valence electrons. The van der Waals surface area contributed by atoms with Crippen molar-refractivity contribution >= 4 is 29.7 Å². The lowest BCUT2D eigenvalue weighted by Gasteiger charge is -2.18. The Kier molecular flexibility index (Phi) is 15.7. The van der Waals surface area contributed by atoms with Crippen molar-refractivity contribution in [2.45, 2.75) is 120 Å². The quantitative estimate of drug-likeness (QED) is 0.0962. The zero-order valence-corrected chi connectivity index (χ0v) is 36.5. The number of benzene rings is 3. The summed E-state index contributed by atoms with van der Waals surface area (Å²) >= 11 is 0. The molecule has 12 nitrogen and oxygen atoms in total. The second-order valence-electron chi connectivity index (χ2n) is 17.8. The highest BCUT2D eigenvalue weighted by atomic mass is 16.5. The number of hydrogen-bond acceptors (Lipinski definition) is 7. The van der Waals surface area contributed by atoms with E-state index in [9.17, 15) is 24.0 Å². The number of unbranched alkanes of at least 4 members (excludes halogenated alkanes) is 9. The topological polar surface area (TPSA) is 146 Å². The molecule has 2 aliphatic heterocycles. The van der Waals surface area contributed by atoms with Crippen molar-refractivity contribution in [2.75, 3.05) is 39.9 Å². The van der Waals surface area contributed by atoms with Gasteiger partial charge in [0, 0.05) is 68.3 Å². The minimum absolute atomic E-state index is 0.0109. The highest BCUT2D eigenvalue weighted by Gasteiger charge is 2.49. The van der Waals surface area contributed by atoms with Gasteiger partial charge in [-0.25, -0.2) is 4.79 Å². The Bertz CT molecular complexity index is 1890. The van der Waals surface area contributed by atoms with Crippen LogP contribution in [-0.2, 0) is 19.1 Å². The molecule has 12 heteroatoms. The van der Waals surface area contributed by atoms with E-state index in [-0.39, 0.29) is 67.2 Å². The molecule has 0 bridgehead atoms. The number of alkyl carbamates (subject to hydrolysis) is 1. The fourth-order valence-corrected chi connectivity index (χ4v) is 9.31. The van der Waals surface area contributed by atoms with Crippen LogP contribution in [-0.4, -0.2) is 104 Å². The molecule has 0 spiro atoms. The molecule has 2 heterocycles. The lowest BCUT2D eigenvalue weighted by atomic mass is 9.94. The molecule has 4 aliphatic rings. The second kappa shape index (κ2) is 21.7. The number of amides is 5. The van der Waals surface area contributed by atoms with Crippen LogP contribution in [0.5, 0.6) is 0 Å². The summed E-state index contributed by atoms with van der Waals surface area (Å²) < 4.78 is 11.1. The first-order chi connectivity index (χ1) is 30.2. The molecule has 2 saturated heterocycles. The predicted molar refractivity (Wildman–Crippen MR) is 238 cm³/mol. The van der Waals surface area contributed by atoms with Crippen molar-refractivity contribution in [1.82, 2.24) is 25.8 Å². The Morgan fingerprint density at radius 3 is 1.47 bits per heavy atom. The number of methoxy groups -OCH3 is 1. The van der Waals surface area contributed by atoms with Gasteiger partial charge in [-0.3, -0.25) is 19.2 Å². The Balaban J connectivity index is 0.898. The molecule has 8 atom stereocenters. The van der Waals surface area contributed by atoms with Crippen LogP contribution in [0.2, 0.25) is 0 Å². The van der Waals surface area contributed by atoms with E-state index in [0.29, 0.717) is 24.3 Å². The molecule has 5 amide bonds. The summed E-state index contributed by atoms with van der Waals surface area (Å²) in [4.78, 5) is 71.3. The van der Waals surface area contributed by atoms with E-state index in [0.717, 1.165) is 32.1 Å². The van der Waals surface area contributed by atoms with E-state index >= 15 is 0 Å². The van der Waals surface area contributed by atoms with E-state index in [1.165, 1.54) is 56.1 Å². The number of likely N-dealkylation sites (tertiary alicyclic amines) is 2. The molecule has 2 aliphatic carbocycles. The maximum Gasteiger partial charge on any atom is 0.407 e. The molecular formula is C50H65N5O7. The Morgan fingerprint density at radius 1 is 0.548 bits per heavy atom. The number of nitrogens with one attached hydrogen (secondary N) is 3. The molecule has 3 aromatic carbocycles. The fraction of sp³-hybridized carbons (Fsp3) is 0.540. The van der Waals surface area contributed by atoms with Crippen molar-refractivity contribution < 1.29 is 33.4 Å². The van der Waals surface area contributed by atoms with Crippen LogP contribution in [0.1, 0.15) is 128 Å². The first kappa shape index (κ1) is 44.8. The molecule has 2 saturated carbocycles. The van der Waals surface area contributed by atoms with Crippen molar-refractivity contribution in [2.24, 2.45) is 11.8 Å². The van der Waals surface area contributed by atoms with Gasteiger partial charge < -0.3 is 35.2 Å². The molecule has 0 aromatic heterocycles. The summed E-state index contributed by atoms with van der Waals surface area (Å²) in [5, 5.41) is 9.26. The Labute approximate surface area is 366 Å². The first-order valence-corrected chi connectivity index (χ1v) is 23.1. The van der Waals surface area contributed by atoms with Gasteiger partial charge in [0.05, 0.1) is 30.6 Å². The van der Waals surface area contributed by atoms with E-state index in [4.69, 9.17) is 9.47 Å². The zero-order chi connectivity index (χ0) is 43.4. The lowest BCUT2D eigenvalue weighted by Crippen LogP contribution is -2.44. The zero-order valence-electron chi connectivity index (χ0n) is 36.5. The van der Waals surface area contributed by atoms with Gasteiger partial charge in [-0.1, -0.05) is 125 Å². The number of hydrogen-bond donors (Lipinski definition) is 3. The number of ether oxygens (including phenoxy) is 2. The van der Waals surface area contributed by atoms with Crippen LogP contribution in [0.4, 0.5) is 4.79 Å². The van der Waals surface area contributed by atoms with E-state index < -0.39 is 30.1 Å². The van der Waals surface area contributed by atoms with Crippen LogP contribution < -0.4 is 16.0 Å². The molecule has 4 fully saturated rings. The van der Waals surface area contributed by atoms with Crippen LogP contribution in [0.25, 0.3) is 0 Å². The third-order valence-electron chi connectivity index (χ3n) is 13.2. The maximum atomic E-state index is 14.0. The minimum atomic E-state index is -0.701. The van der Waals surface area contributed by atoms with Gasteiger partial charge in [0.15, 0.2) is 0 Å². The molecule has 0 radical (unpaired) electrons. The van der Waals surface area contributed by atoms with Gasteiger partial charge in [-0.05, 0) is 54.7 Å². The summed E-state index contributed by atoms with van der Waals surface area (Å²) in [5.41, 5.74) is 3.10. The van der Waals surface area contributed by atoms with Gasteiger partial charge >= 0.3 is 6.09 Å². The number of carbonyl (C=O) groups excluding carboxylic acids is 5. The third-order valence-corrected chi connectivity index (χ3v) is 13.2. The van der Waals surface area contributed by atoms with Crippen molar-refractivity contribution in [1.29, 1.82) is 0 Å². The van der Waals surface area contributed by atoms with E-state index in [2.05, 4.69) is 47.1 Å². The summed E-state index contributed by atoms with van der Waals surface area (Å²) in [6, 6.07) is 26.2. The summed E-state index contributed by atoms with van der Waals surface area (Å²) in [7, 11) is 1.56. The Hall–Kier alpha value is -5.23. The predicted octanol–water partition coefficient (Wildman–Crippen LogP) is 7.21. The number of rotatable bonds is 21. The van der Waals surface area contributed by atoms with Crippen molar-refractivity contribution in [3.63, 3.8) is 0 Å². The average Bonchev–Trinajstić information content (AvgIpc) is 4.15. The molecular weight excluding hydrogens is 783 g/mol. The van der Waals surface area contributed by atoms with Crippen LogP contribution in [0, 0.1) is 11.8 Å². The number of carbonyl (C=O) groups is 5. The highest BCUT2D eigenvalue weighted by Crippen LogP contribution is 2.42. The SMILES string of the molecule is CCCCCCCCCCCCOC(=O)N[C@H]1CN(C(=O)c2ccc(C(=O)N3C[C@@H](C(=O)N[C@H]4C[C@@H]4c4ccccc4)[C@H](C(=O)N[C@H]4C[C@@H]4c4ccccc4)C3)cc2)C[C@@H]1OC. The van der Waals surface area contributed by atoms with E-state index in [1.807, 2.05) is 36.4 Å². The third kappa shape index (κ3) is 11.8. The summed E-state index contributed by atoms with van der Waals surface area (Å²) in [6.45, 7) is 3.36. The van der Waals surface area contributed by atoms with Gasteiger partial charge in [0.25, 0.3) is 11.8 Å². The molecule has 3 N–H and O–H groups in total. The van der Waals surface area contributed by atoms with E-state index in [1.54, 1.807) is 41.2 Å². The summed E-state index contributed by atoms with van der Waals surface area (Å²) in [5.74, 6) is -1.91. The molecule has 0 unspecified atom stereocenters. The standard InChI is InChI=1S/C50H65N5O7/c1-3-4-5-6-7-8-9-10-11-18-27-62-50(60)53-44-32-55(33-45(44)61-2)49(59)37-25-23-36(24-26-37)48(58)54-30-40(46(56)51-42-28-38(42)34-19-14-12-15-20-34)41(31-54)47(57)52-43-29-39(43)35-21-16-13-17-22-35/h12-17,19-26,38-45H,3-11,18,27-33H2,1-2H3,(H,51,56)(H,52,57)(H,53,60)/t38-,39-,40-,41-,42+,43+,44+,45+/m1/s1. The monoisotopic (exact) mass is 847 g/mol. The van der Waals surface area contributed by atoms with Crippen LogP contribution in [0.3, 0.4) is 0 Å². The maximum absolute atomic E-state index is 14.0. The first-order valence-electron chi connectivity index (χ1n) is 23.1. The normalized spacial score (nSPS) is 24.9. The van der Waals surface area contributed by atoms with Gasteiger partial charge in [-0.15, -0.1) is 0 Å². The fourth-order valence-electron chi connectivity index (χ4n) is 9.31. The Morgan fingerprint density at radius 2 is 1.00 bits per heavy atom. The minimum Gasteiger partial charge on any atom is -0.450 e. The van der Waals surface area contributed by atoms with Gasteiger partial charge in [0.2, 0.25) is 11.8 Å². The van der Waals surface area contributed by atoms with Crippen LogP contribution >= 0.6 is 0 Å². The molecule has 62 heavy (non-hydrogen) atoms. The molecule has 3 aromatic rings. The molecule has 7 rings (SSSR count). The number of nitrogens with zero attached hydrogens (tertiary/aromatic N) is 2. The largest absolute Gasteiger partial charge is 0.450 e. The summed E-state index contributed by atoms with van der Waals surface area (Å²) in [6.07, 6.45) is 12.7. The van der Waals surface area contributed by atoms with Crippen LogP contribution in [0.15, 0.2) is 84.9 Å². The highest BCUT2D eigenvalue weighted by molar-refractivity contribution is 5.99. The van der Waals surface area contributed by atoms with Gasteiger partial charge in [0.1, 0.15) is 0 Å². The van der Waals surface area contributed by atoms with Crippen molar-refractivity contribution in [3.8, 4) is 0 Å². The second-order valence-corrected chi connectivity index (χ2v) is 17.8. The smallest absolute Gasteiger partial charge is 0.407 e. The lowest BCUT2D eigenvalue weighted by molar-refractivity contribution is -0.133. The van der Waals surface area contributed by atoms with Gasteiger partial charge in [-0.2, -0.15) is 0 Å². The average molecular weight is 848 g/mol. The van der Waals surface area contributed by atoms with Crippen molar-refractivity contribution in [3.05, 3.63) is 107 Å².